The number of urea groups is 2. The number of sulfone groups is 1. The fraction of sp³-hybridized carbons (Fsp3) is 0.585. The van der Waals surface area contributed by atoms with Gasteiger partial charge in [0.25, 0.3) is 23.3 Å². The minimum atomic E-state index is -4.61. The highest BCUT2D eigenvalue weighted by molar-refractivity contribution is 7.90. The second kappa shape index (κ2) is 32.8. The predicted molar refractivity (Wildman–Crippen MR) is 268 cm³/mol. The van der Waals surface area contributed by atoms with Gasteiger partial charge in [-0.2, -0.15) is 0 Å². The van der Waals surface area contributed by atoms with Crippen LogP contribution in [0.25, 0.3) is 0 Å². The molecule has 1 aromatic heterocycles. The summed E-state index contributed by atoms with van der Waals surface area (Å²) in [6, 6.07) is 0.669. The largest absolute Gasteiger partial charge is 0.481 e. The van der Waals surface area contributed by atoms with E-state index in [4.69, 9.17) is 30.2 Å². The van der Waals surface area contributed by atoms with Crippen molar-refractivity contribution in [2.24, 2.45) is 0 Å². The number of nitrogens with one attached hydrogen (secondary N) is 11. The lowest BCUT2D eigenvalue weighted by molar-refractivity contribution is -0.137. The molecule has 2 fully saturated rings. The van der Waals surface area contributed by atoms with Gasteiger partial charge in [0.05, 0.1) is 54.8 Å². The first-order valence-corrected chi connectivity index (χ1v) is 27.2. The van der Waals surface area contributed by atoms with Gasteiger partial charge in [0.1, 0.15) is 66.9 Å². The Kier molecular flexibility index (Phi) is 28.6. The maximum atomic E-state index is 12.5. The number of benzene rings is 1. The first kappa shape index (κ1) is 70.6. The van der Waals surface area contributed by atoms with Crippen LogP contribution in [0.15, 0.2) is 38.8 Å². The molecule has 0 aliphatic carbocycles. The van der Waals surface area contributed by atoms with Gasteiger partial charge in [-0.05, 0) is 30.7 Å². The maximum absolute atomic E-state index is 12.5. The number of anilines is 1. The third-order valence-electron chi connectivity index (χ3n) is 11.1. The molecule has 2 aliphatic rings. The van der Waals surface area contributed by atoms with Gasteiger partial charge in [0, 0.05) is 44.3 Å². The summed E-state index contributed by atoms with van der Waals surface area (Å²) in [6.07, 6.45) is -17.2. The summed E-state index contributed by atoms with van der Waals surface area (Å²) >= 11 is 0. The SMILES string of the molecule is CS(=O)(=O)c1ccc(C(=O)NC2C(=O)NC(=O)NC2NCC(O)C(O)C(O)CO)cc1.O=C(O)CCCC(=O)NC1C(=O)NC(=O)NC1NCC(O)[C@H](O)C(O)CO.O=c1[nH]c(NCC(O)[C@H](O)C(O)CO)c(CP(=O)(O)O)c(=O)[nH]1. The molecule has 2 aromatic rings. The third kappa shape index (κ3) is 23.9. The average Bonchev–Trinajstić information content (AvgIpc) is 3.41. The lowest BCUT2D eigenvalue weighted by Crippen LogP contribution is -2.71. The lowest BCUT2D eigenvalue weighted by Gasteiger charge is -2.33. The number of carbonyl (C=O) groups is 7. The van der Waals surface area contributed by atoms with E-state index in [0.29, 0.717) is 0 Å². The van der Waals surface area contributed by atoms with E-state index in [0.717, 1.165) is 6.26 Å². The van der Waals surface area contributed by atoms with Gasteiger partial charge in [-0.3, -0.25) is 64.6 Å². The smallest absolute Gasteiger partial charge is 0.330 e. The number of aromatic nitrogens is 2. The minimum absolute atomic E-state index is 0.00359. The van der Waals surface area contributed by atoms with E-state index < -0.39 is 194 Å². The van der Waals surface area contributed by atoms with Crippen LogP contribution in [0, 0.1) is 0 Å². The molecule has 4 rings (SSSR count). The fourth-order valence-corrected chi connectivity index (χ4v) is 8.08. The number of hydrogen-bond acceptors (Lipinski definition) is 27. The van der Waals surface area contributed by atoms with Crippen molar-refractivity contribution in [3.8, 4) is 0 Å². The number of H-pyrrole nitrogens is 2. The molecule has 458 valence electrons. The number of amides is 8. The zero-order valence-electron chi connectivity index (χ0n) is 42.3. The van der Waals surface area contributed by atoms with Crippen LogP contribution >= 0.6 is 7.60 Å². The van der Waals surface area contributed by atoms with Crippen molar-refractivity contribution in [3.63, 3.8) is 0 Å². The Morgan fingerprint density at radius 3 is 1.47 bits per heavy atom. The zero-order valence-corrected chi connectivity index (χ0v) is 44.1. The van der Waals surface area contributed by atoms with E-state index in [-0.39, 0.29) is 42.1 Å². The number of aromatic amines is 2. The van der Waals surface area contributed by atoms with E-state index in [9.17, 15) is 102 Å². The summed E-state index contributed by atoms with van der Waals surface area (Å²) in [4.78, 5) is 127. The number of hydrogen-bond donors (Lipinski definition) is 26. The molecule has 0 bridgehead atoms. The van der Waals surface area contributed by atoms with Gasteiger partial charge in [0.2, 0.25) is 5.91 Å². The van der Waals surface area contributed by atoms with Gasteiger partial charge >= 0.3 is 31.3 Å². The highest BCUT2D eigenvalue weighted by Gasteiger charge is 2.39. The number of rotatable bonds is 28. The molecule has 8 amide bonds. The molecule has 3 heterocycles. The Bertz CT molecular complexity index is 2730. The third-order valence-corrected chi connectivity index (χ3v) is 13.0. The minimum Gasteiger partial charge on any atom is -0.481 e. The molecule has 26 N–H and O–H groups in total. The van der Waals surface area contributed by atoms with Crippen LogP contribution in [-0.2, 0) is 39.7 Å². The molecule has 38 nitrogen and oxygen atoms in total. The van der Waals surface area contributed by atoms with Crippen molar-refractivity contribution in [2.45, 2.75) is 110 Å². The number of aliphatic carboxylic acids is 1. The van der Waals surface area contributed by atoms with Crippen LogP contribution in [0.3, 0.4) is 0 Å². The number of carbonyl (C=O) groups excluding carboxylic acids is 6. The number of imide groups is 2. The summed E-state index contributed by atoms with van der Waals surface area (Å²) in [5.74, 6) is -4.44. The van der Waals surface area contributed by atoms with Crippen molar-refractivity contribution in [1.82, 2.24) is 52.5 Å². The Labute approximate surface area is 456 Å². The molecular weight excluding hydrogens is 1140 g/mol. The molecule has 11 unspecified atom stereocenters. The molecule has 0 spiro atoms. The van der Waals surface area contributed by atoms with Crippen LogP contribution in [0.1, 0.15) is 35.2 Å². The van der Waals surface area contributed by atoms with Gasteiger partial charge in [-0.1, -0.05) is 0 Å². The molecule has 81 heavy (non-hydrogen) atoms. The topological polar surface area (TPSA) is 648 Å². The average molecular weight is 1210 g/mol. The Morgan fingerprint density at radius 1 is 0.630 bits per heavy atom. The normalized spacial score (nSPS) is 20.6. The number of carboxylic acids is 1. The van der Waals surface area contributed by atoms with E-state index in [1.807, 2.05) is 10.6 Å². The summed E-state index contributed by atoms with van der Waals surface area (Å²) in [6.45, 7) is -3.66. The molecule has 2 aliphatic heterocycles. The summed E-state index contributed by atoms with van der Waals surface area (Å²) in [5, 5.41) is 141. The number of carboxylic acid groups (broad SMARTS) is 1. The highest BCUT2D eigenvalue weighted by atomic mass is 32.2. The molecule has 2 saturated heterocycles. The number of aliphatic hydroxyl groups is 12. The second-order valence-corrected chi connectivity index (χ2v) is 21.3. The molecule has 0 saturated carbocycles. The highest BCUT2D eigenvalue weighted by Crippen LogP contribution is 2.39. The maximum Gasteiger partial charge on any atom is 0.330 e. The van der Waals surface area contributed by atoms with E-state index >= 15 is 0 Å². The van der Waals surface area contributed by atoms with E-state index in [1.165, 1.54) is 24.3 Å². The van der Waals surface area contributed by atoms with Crippen LogP contribution in [0.5, 0.6) is 0 Å². The van der Waals surface area contributed by atoms with Gasteiger partial charge < -0.3 is 103 Å². The van der Waals surface area contributed by atoms with Crippen LogP contribution in [0.4, 0.5) is 15.4 Å². The predicted octanol–water partition coefficient (Wildman–Crippen LogP) is -12.2. The first-order chi connectivity index (χ1) is 37.6. The van der Waals surface area contributed by atoms with E-state index in [2.05, 4.69) is 42.2 Å². The van der Waals surface area contributed by atoms with Crippen LogP contribution < -0.4 is 59.1 Å². The van der Waals surface area contributed by atoms with Crippen molar-refractivity contribution < 1.29 is 123 Å². The molecule has 40 heteroatoms. The summed E-state index contributed by atoms with van der Waals surface area (Å²) < 4.78 is 34.1. The van der Waals surface area contributed by atoms with E-state index in [1.54, 1.807) is 4.98 Å². The first-order valence-electron chi connectivity index (χ1n) is 23.5. The zero-order chi connectivity index (χ0) is 61.7. The van der Waals surface area contributed by atoms with Crippen molar-refractivity contribution in [1.29, 1.82) is 0 Å². The molecule has 13 atom stereocenters. The quantitative estimate of drug-likeness (QED) is 0.0352. The Hall–Kier alpha value is -6.47. The van der Waals surface area contributed by atoms with Crippen LogP contribution in [-0.4, -0.2) is 261 Å². The van der Waals surface area contributed by atoms with Gasteiger partial charge in [0.15, 0.2) is 9.84 Å². The summed E-state index contributed by atoms with van der Waals surface area (Å²) in [5.41, 5.74) is -2.36. The molecule has 0 radical (unpaired) electrons. The Balaban J connectivity index is 0.000000420. The van der Waals surface area contributed by atoms with Gasteiger partial charge in [-0.15, -0.1) is 0 Å². The standard InChI is InChI=1S/C17H24N4O9S.C14H24N4O9.C10H18N3O9P/c1-31(29,30)9-4-2-8(3-5-9)15(26)19-12-14(20-17(28)21-16(12)27)18-6-10(23)13(25)11(24)7-22;19-5-7(21)11(25)6(20)4-15-12-10(13(26)18-14(27)17-12)16-8(22)2-1-3-9(23)24;14-2-6(16)7(17)5(15)1-11-8-4(3-23(20,21)22)9(18)13-10(19)12-8/h2-5,10-14,18,22-25H,6-7H2,1H3,(H,19,26)(H2,20,21,27,28);6-7,10-12,15,19-21,25H,1-5H2,(H,16,22)(H,23,24)(H2,17,18,26,27);5-7,14-17H,1-3H2,(H2,20,21,22)(H3,11,12,13,18,19)/t;6?,7?,10?,11-,12?;5?,6?,7-/m.00/s1. The van der Waals surface area contributed by atoms with Crippen molar-refractivity contribution in [3.05, 3.63) is 56.2 Å². The molecule has 1 aromatic carbocycles. The Morgan fingerprint density at radius 2 is 1.06 bits per heavy atom. The van der Waals surface area contributed by atoms with Gasteiger partial charge in [-0.25, -0.2) is 22.8 Å². The fourth-order valence-electron chi connectivity index (χ4n) is 6.74. The number of aliphatic hydroxyl groups excluding tert-OH is 12. The monoisotopic (exact) mass is 1210 g/mol. The van der Waals surface area contributed by atoms with Crippen LogP contribution in [0.2, 0.25) is 0 Å². The lowest BCUT2D eigenvalue weighted by atomic mass is 10.1. The van der Waals surface area contributed by atoms with Crippen molar-refractivity contribution >= 4 is 64.9 Å². The molecular formula is C41H66N11O27PS. The second-order valence-electron chi connectivity index (χ2n) is 17.6. The summed E-state index contributed by atoms with van der Waals surface area (Å²) in [7, 11) is -8.07. The van der Waals surface area contributed by atoms with Crippen molar-refractivity contribution in [2.75, 3.05) is 51.0 Å².